The maximum Gasteiger partial charge on any atom is 0.223 e. The molecule has 0 saturated carbocycles. The highest BCUT2D eigenvalue weighted by Gasteiger charge is 2.05. The Morgan fingerprint density at radius 1 is 1.50 bits per heavy atom. The van der Waals surface area contributed by atoms with Crippen LogP contribution in [0.5, 0.6) is 0 Å². The minimum Gasteiger partial charge on any atom is -0.368 e. The molecule has 0 radical (unpaired) electrons. The lowest BCUT2D eigenvalue weighted by Gasteiger charge is -2.11. The van der Waals surface area contributed by atoms with Crippen molar-refractivity contribution in [2.45, 2.75) is 6.42 Å². The van der Waals surface area contributed by atoms with Crippen LogP contribution in [0.1, 0.15) is 6.42 Å². The van der Waals surface area contributed by atoms with E-state index in [4.69, 9.17) is 23.2 Å². The first-order valence-corrected chi connectivity index (χ1v) is 5.51. The van der Waals surface area contributed by atoms with Gasteiger partial charge in [0.25, 0.3) is 0 Å². The molecule has 0 unspecified atom stereocenters. The molecule has 6 heteroatoms. The van der Waals surface area contributed by atoms with Gasteiger partial charge in [-0.05, 0) is 6.07 Å². The van der Waals surface area contributed by atoms with Crippen LogP contribution in [0.15, 0.2) is 12.3 Å². The Morgan fingerprint density at radius 2 is 2.19 bits per heavy atom. The standard InChI is InChI=1S/C10H13Cl2N3O/c1-15(2)9(16)3-4-13-10-8(12)5-7(11)6-14-10/h5-6H,3-4H2,1-2H3,(H,13,14). The quantitative estimate of drug-likeness (QED) is 0.905. The number of hydrogen-bond acceptors (Lipinski definition) is 3. The summed E-state index contributed by atoms with van der Waals surface area (Å²) in [5.74, 6) is 0.593. The molecule has 0 atom stereocenters. The van der Waals surface area contributed by atoms with Gasteiger partial charge in [0.05, 0.1) is 10.0 Å². The fraction of sp³-hybridized carbons (Fsp3) is 0.400. The number of hydrogen-bond donors (Lipinski definition) is 1. The van der Waals surface area contributed by atoms with Crippen molar-refractivity contribution in [2.75, 3.05) is 26.0 Å². The van der Waals surface area contributed by atoms with Gasteiger partial charge >= 0.3 is 0 Å². The van der Waals surface area contributed by atoms with Crippen molar-refractivity contribution >= 4 is 34.9 Å². The van der Waals surface area contributed by atoms with Crippen molar-refractivity contribution in [2.24, 2.45) is 0 Å². The van der Waals surface area contributed by atoms with Gasteiger partial charge in [0, 0.05) is 33.3 Å². The monoisotopic (exact) mass is 261 g/mol. The van der Waals surface area contributed by atoms with E-state index in [1.165, 1.54) is 6.20 Å². The molecule has 4 nitrogen and oxygen atoms in total. The predicted molar refractivity (Wildman–Crippen MR) is 66.1 cm³/mol. The second kappa shape index (κ2) is 5.92. The Kier molecular flexibility index (Phi) is 4.83. The van der Waals surface area contributed by atoms with Gasteiger partial charge in [-0.1, -0.05) is 23.2 Å². The summed E-state index contributed by atoms with van der Waals surface area (Å²) < 4.78 is 0. The van der Waals surface area contributed by atoms with Crippen LogP contribution < -0.4 is 5.32 Å². The van der Waals surface area contributed by atoms with Crippen LogP contribution >= 0.6 is 23.2 Å². The van der Waals surface area contributed by atoms with Gasteiger partial charge < -0.3 is 10.2 Å². The number of nitrogens with zero attached hydrogens (tertiary/aromatic N) is 2. The maximum absolute atomic E-state index is 11.3. The third-order valence-corrected chi connectivity index (χ3v) is 2.43. The second-order valence-electron chi connectivity index (χ2n) is 3.45. The van der Waals surface area contributed by atoms with E-state index in [2.05, 4.69) is 10.3 Å². The number of carbonyl (C=O) groups is 1. The number of amides is 1. The third-order valence-electron chi connectivity index (χ3n) is 1.94. The van der Waals surface area contributed by atoms with Crippen LogP contribution in [0.4, 0.5) is 5.82 Å². The molecule has 16 heavy (non-hydrogen) atoms. The molecule has 0 fully saturated rings. The number of rotatable bonds is 4. The van der Waals surface area contributed by atoms with Gasteiger partial charge in [-0.25, -0.2) is 4.98 Å². The average molecular weight is 262 g/mol. The smallest absolute Gasteiger partial charge is 0.223 e. The summed E-state index contributed by atoms with van der Waals surface area (Å²) in [6.07, 6.45) is 1.90. The first-order chi connectivity index (χ1) is 7.50. The molecule has 0 aliphatic rings. The molecule has 1 N–H and O–H groups in total. The molecular formula is C10H13Cl2N3O. The molecule has 0 bridgehead atoms. The topological polar surface area (TPSA) is 45.2 Å². The van der Waals surface area contributed by atoms with E-state index < -0.39 is 0 Å². The summed E-state index contributed by atoms with van der Waals surface area (Å²) in [6.45, 7) is 0.491. The molecule has 1 rings (SSSR count). The number of nitrogens with one attached hydrogen (secondary N) is 1. The minimum atomic E-state index is 0.0533. The summed E-state index contributed by atoms with van der Waals surface area (Å²) in [5.41, 5.74) is 0. The molecular weight excluding hydrogens is 249 g/mol. The normalized spacial score (nSPS) is 10.0. The Balaban J connectivity index is 2.46. The Bertz CT molecular complexity index is 382. The third kappa shape index (κ3) is 3.87. The maximum atomic E-state index is 11.3. The molecule has 0 aromatic carbocycles. The molecule has 1 amide bonds. The van der Waals surface area contributed by atoms with E-state index in [0.717, 1.165) is 0 Å². The molecule has 1 aromatic rings. The Hall–Kier alpha value is -1.000. The van der Waals surface area contributed by atoms with Crippen molar-refractivity contribution in [3.05, 3.63) is 22.3 Å². The molecule has 88 valence electrons. The second-order valence-corrected chi connectivity index (χ2v) is 4.29. The number of aromatic nitrogens is 1. The number of halogens is 2. The largest absolute Gasteiger partial charge is 0.368 e. The van der Waals surface area contributed by atoms with Gasteiger partial charge in [0.1, 0.15) is 5.82 Å². The Labute approximate surface area is 105 Å². The molecule has 1 heterocycles. The van der Waals surface area contributed by atoms with Crippen LogP contribution in [0.25, 0.3) is 0 Å². The molecule has 0 spiro atoms. The van der Waals surface area contributed by atoms with Crippen LogP contribution in [-0.2, 0) is 4.79 Å². The highest BCUT2D eigenvalue weighted by Crippen LogP contribution is 2.22. The van der Waals surface area contributed by atoms with Crippen molar-refractivity contribution in [1.29, 1.82) is 0 Å². The SMILES string of the molecule is CN(C)C(=O)CCNc1ncc(Cl)cc1Cl. The highest BCUT2D eigenvalue weighted by molar-refractivity contribution is 6.35. The molecule has 1 aromatic heterocycles. The lowest BCUT2D eigenvalue weighted by Crippen LogP contribution is -2.24. The Morgan fingerprint density at radius 3 is 2.75 bits per heavy atom. The summed E-state index contributed by atoms with van der Waals surface area (Å²) in [6, 6.07) is 1.60. The van der Waals surface area contributed by atoms with Crippen LogP contribution in [0, 0.1) is 0 Å². The fourth-order valence-corrected chi connectivity index (χ4v) is 1.50. The van der Waals surface area contributed by atoms with Crippen LogP contribution in [-0.4, -0.2) is 36.4 Å². The van der Waals surface area contributed by atoms with Gasteiger partial charge in [0.15, 0.2) is 0 Å². The first kappa shape index (κ1) is 13.1. The van der Waals surface area contributed by atoms with E-state index in [-0.39, 0.29) is 5.91 Å². The summed E-state index contributed by atoms with van der Waals surface area (Å²) >= 11 is 11.6. The van der Waals surface area contributed by atoms with Crippen molar-refractivity contribution in [3.8, 4) is 0 Å². The van der Waals surface area contributed by atoms with E-state index in [9.17, 15) is 4.79 Å². The zero-order valence-electron chi connectivity index (χ0n) is 9.13. The van der Waals surface area contributed by atoms with E-state index in [1.807, 2.05) is 0 Å². The zero-order valence-corrected chi connectivity index (χ0v) is 10.6. The number of pyridine rings is 1. The first-order valence-electron chi connectivity index (χ1n) is 4.76. The zero-order chi connectivity index (χ0) is 12.1. The highest BCUT2D eigenvalue weighted by atomic mass is 35.5. The van der Waals surface area contributed by atoms with E-state index in [0.29, 0.717) is 28.8 Å². The van der Waals surface area contributed by atoms with Gasteiger partial charge in [0.2, 0.25) is 5.91 Å². The summed E-state index contributed by atoms with van der Waals surface area (Å²) in [4.78, 5) is 16.8. The van der Waals surface area contributed by atoms with Gasteiger partial charge in [-0.15, -0.1) is 0 Å². The lowest BCUT2D eigenvalue weighted by molar-refractivity contribution is -0.128. The van der Waals surface area contributed by atoms with E-state index >= 15 is 0 Å². The molecule has 0 aliphatic carbocycles. The van der Waals surface area contributed by atoms with Crippen molar-refractivity contribution < 1.29 is 4.79 Å². The predicted octanol–water partition coefficient (Wildman–Crippen LogP) is 2.28. The summed E-state index contributed by atoms with van der Waals surface area (Å²) in [7, 11) is 3.44. The number of anilines is 1. The minimum absolute atomic E-state index is 0.0533. The van der Waals surface area contributed by atoms with Gasteiger partial charge in [-0.3, -0.25) is 4.79 Å². The summed E-state index contributed by atoms with van der Waals surface area (Å²) in [5, 5.41) is 3.91. The van der Waals surface area contributed by atoms with Crippen molar-refractivity contribution in [1.82, 2.24) is 9.88 Å². The van der Waals surface area contributed by atoms with Crippen LogP contribution in [0.2, 0.25) is 10.0 Å². The molecule has 0 saturated heterocycles. The fourth-order valence-electron chi connectivity index (χ4n) is 1.06. The number of carbonyl (C=O) groups excluding carboxylic acids is 1. The molecule has 0 aliphatic heterocycles. The van der Waals surface area contributed by atoms with E-state index in [1.54, 1.807) is 25.1 Å². The van der Waals surface area contributed by atoms with Gasteiger partial charge in [-0.2, -0.15) is 0 Å². The average Bonchev–Trinajstić information content (AvgIpc) is 2.20. The van der Waals surface area contributed by atoms with Crippen molar-refractivity contribution in [3.63, 3.8) is 0 Å². The lowest BCUT2D eigenvalue weighted by atomic mass is 10.3. The van der Waals surface area contributed by atoms with Crippen LogP contribution in [0.3, 0.4) is 0 Å².